The Labute approximate surface area is 147 Å². The molecule has 0 radical (unpaired) electrons. The van der Waals surface area contributed by atoms with Crippen molar-refractivity contribution in [1.29, 1.82) is 0 Å². The van der Waals surface area contributed by atoms with Crippen LogP contribution in [0.15, 0.2) is 48.5 Å². The first-order chi connectivity index (χ1) is 12.0. The Hall–Kier alpha value is -2.73. The van der Waals surface area contributed by atoms with E-state index in [2.05, 4.69) is 5.32 Å². The number of Topliss-reactive ketones (excluding diaryl/α,β-unsaturated/α-hetero) is 1. The third-order valence-electron chi connectivity index (χ3n) is 4.04. The molecule has 1 N–H and O–H groups in total. The van der Waals surface area contributed by atoms with Gasteiger partial charge in [0.2, 0.25) is 0 Å². The van der Waals surface area contributed by atoms with E-state index in [1.54, 1.807) is 43.5 Å². The normalized spacial score (nSPS) is 11.8. The fraction of sp³-hybridized carbons (Fsp3) is 0.316. The minimum absolute atomic E-state index is 0.0323. The maximum atomic E-state index is 12.2. The zero-order valence-corrected chi connectivity index (χ0v) is 14.4. The van der Waals surface area contributed by atoms with E-state index in [0.717, 1.165) is 24.2 Å². The second-order valence-corrected chi connectivity index (χ2v) is 5.90. The lowest BCUT2D eigenvalue weighted by molar-refractivity contribution is -0.384. The van der Waals surface area contributed by atoms with E-state index in [9.17, 15) is 14.9 Å². The Morgan fingerprint density at radius 2 is 1.80 bits per heavy atom. The van der Waals surface area contributed by atoms with Crippen LogP contribution in [0.25, 0.3) is 0 Å². The molecule has 2 aromatic rings. The Kier molecular flexibility index (Phi) is 6.65. The first kappa shape index (κ1) is 18.6. The lowest BCUT2D eigenvalue weighted by Gasteiger charge is -2.13. The second-order valence-electron chi connectivity index (χ2n) is 5.90. The molecule has 25 heavy (non-hydrogen) atoms. The number of nitrogens with one attached hydrogen (secondary N) is 1. The minimum Gasteiger partial charge on any atom is -0.497 e. The fourth-order valence-electron chi connectivity index (χ4n) is 2.42. The van der Waals surface area contributed by atoms with E-state index in [1.807, 2.05) is 6.92 Å². The lowest BCUT2D eigenvalue weighted by atomic mass is 10.1. The number of carbonyl (C=O) groups is 1. The molecule has 0 saturated heterocycles. The summed E-state index contributed by atoms with van der Waals surface area (Å²) in [6.07, 6.45) is 1.64. The number of nitro benzene ring substituents is 1. The van der Waals surface area contributed by atoms with Gasteiger partial charge in [0, 0.05) is 23.7 Å². The average Bonchev–Trinajstić information content (AvgIpc) is 2.64. The molecule has 132 valence electrons. The summed E-state index contributed by atoms with van der Waals surface area (Å²) in [6.45, 7) is 2.29. The molecule has 0 saturated carbocycles. The maximum Gasteiger partial charge on any atom is 0.269 e. The number of non-ortho nitro benzene ring substituents is 1. The van der Waals surface area contributed by atoms with Gasteiger partial charge < -0.3 is 10.1 Å². The number of ether oxygens (including phenoxy) is 1. The molecule has 0 spiro atoms. The first-order valence-corrected chi connectivity index (χ1v) is 8.13. The van der Waals surface area contributed by atoms with Gasteiger partial charge in [-0.25, -0.2) is 0 Å². The summed E-state index contributed by atoms with van der Waals surface area (Å²) in [4.78, 5) is 22.4. The quantitative estimate of drug-likeness (QED) is 0.429. The van der Waals surface area contributed by atoms with E-state index in [0.29, 0.717) is 5.56 Å². The molecule has 0 heterocycles. The predicted octanol–water partition coefficient (Wildman–Crippen LogP) is 3.40. The zero-order chi connectivity index (χ0) is 18.2. The minimum atomic E-state index is -0.404. The van der Waals surface area contributed by atoms with E-state index >= 15 is 0 Å². The van der Waals surface area contributed by atoms with Crippen molar-refractivity contribution in [2.75, 3.05) is 13.7 Å². The van der Waals surface area contributed by atoms with Crippen molar-refractivity contribution in [2.24, 2.45) is 0 Å². The first-order valence-electron chi connectivity index (χ1n) is 8.13. The monoisotopic (exact) mass is 342 g/mol. The predicted molar refractivity (Wildman–Crippen MR) is 96.2 cm³/mol. The molecule has 0 aromatic heterocycles. The van der Waals surface area contributed by atoms with Crippen molar-refractivity contribution in [2.45, 2.75) is 25.8 Å². The average molecular weight is 342 g/mol. The topological polar surface area (TPSA) is 81.5 Å². The number of methoxy groups -OCH3 is 1. The van der Waals surface area contributed by atoms with Gasteiger partial charge >= 0.3 is 0 Å². The highest BCUT2D eigenvalue weighted by Gasteiger charge is 2.09. The maximum absolute atomic E-state index is 12.2. The number of nitrogens with zero attached hydrogens (tertiary/aromatic N) is 1. The molecule has 1 atom stereocenters. The number of hydrogen-bond donors (Lipinski definition) is 1. The lowest BCUT2D eigenvalue weighted by Crippen LogP contribution is -2.31. The summed E-state index contributed by atoms with van der Waals surface area (Å²) in [7, 11) is 1.59. The highest BCUT2D eigenvalue weighted by atomic mass is 16.6. The van der Waals surface area contributed by atoms with Crippen LogP contribution in [0.1, 0.15) is 29.3 Å². The van der Waals surface area contributed by atoms with Gasteiger partial charge in [0.25, 0.3) is 5.69 Å². The van der Waals surface area contributed by atoms with Crippen molar-refractivity contribution in [3.8, 4) is 5.75 Å². The van der Waals surface area contributed by atoms with Crippen molar-refractivity contribution in [3.05, 3.63) is 69.8 Å². The third kappa shape index (κ3) is 5.69. The molecule has 0 aliphatic carbocycles. The van der Waals surface area contributed by atoms with E-state index < -0.39 is 4.92 Å². The highest BCUT2D eigenvalue weighted by molar-refractivity contribution is 5.97. The van der Waals surface area contributed by atoms with Crippen LogP contribution in [0.5, 0.6) is 5.75 Å². The fourth-order valence-corrected chi connectivity index (χ4v) is 2.42. The Bertz CT molecular complexity index is 711. The molecule has 6 heteroatoms. The molecule has 2 rings (SSSR count). The second kappa shape index (κ2) is 8.94. The Balaban J connectivity index is 1.76. The third-order valence-corrected chi connectivity index (χ3v) is 4.04. The molecule has 0 bridgehead atoms. The molecule has 0 amide bonds. The van der Waals surface area contributed by atoms with E-state index in [4.69, 9.17) is 4.74 Å². The van der Waals surface area contributed by atoms with Crippen LogP contribution in [-0.2, 0) is 6.42 Å². The zero-order valence-electron chi connectivity index (χ0n) is 14.4. The van der Waals surface area contributed by atoms with Gasteiger partial charge in [-0.2, -0.15) is 0 Å². The number of hydrogen-bond acceptors (Lipinski definition) is 5. The van der Waals surface area contributed by atoms with Gasteiger partial charge in [-0.15, -0.1) is 0 Å². The Morgan fingerprint density at radius 3 is 2.36 bits per heavy atom. The molecule has 6 nitrogen and oxygen atoms in total. The molecule has 2 aromatic carbocycles. The van der Waals surface area contributed by atoms with Crippen molar-refractivity contribution < 1.29 is 14.5 Å². The standard InChI is InChI=1S/C19H22N2O4/c1-14(3-4-15-5-9-17(10-6-15)21(23)24)20-13-19(22)16-7-11-18(25-2)12-8-16/h5-12,14,20H,3-4,13H2,1-2H3. The van der Waals surface area contributed by atoms with Crippen LogP contribution in [-0.4, -0.2) is 30.4 Å². The summed E-state index contributed by atoms with van der Waals surface area (Å²) in [5.74, 6) is 0.755. The number of benzene rings is 2. The van der Waals surface area contributed by atoms with Crippen molar-refractivity contribution in [1.82, 2.24) is 5.32 Å². The van der Waals surface area contributed by atoms with Gasteiger partial charge in [-0.1, -0.05) is 12.1 Å². The Morgan fingerprint density at radius 1 is 1.16 bits per heavy atom. The van der Waals surface area contributed by atoms with Gasteiger partial charge in [0.15, 0.2) is 5.78 Å². The molecule has 0 aliphatic rings. The molecule has 0 fully saturated rings. The summed E-state index contributed by atoms with van der Waals surface area (Å²) in [6, 6.07) is 13.8. The van der Waals surface area contributed by atoms with Gasteiger partial charge in [0.1, 0.15) is 5.75 Å². The number of rotatable bonds is 9. The van der Waals surface area contributed by atoms with E-state index in [-0.39, 0.29) is 24.1 Å². The van der Waals surface area contributed by atoms with Crippen molar-refractivity contribution >= 4 is 11.5 Å². The summed E-state index contributed by atoms with van der Waals surface area (Å²) < 4.78 is 5.08. The highest BCUT2D eigenvalue weighted by Crippen LogP contribution is 2.14. The van der Waals surface area contributed by atoms with E-state index in [1.165, 1.54) is 12.1 Å². The van der Waals surface area contributed by atoms with Crippen molar-refractivity contribution in [3.63, 3.8) is 0 Å². The van der Waals surface area contributed by atoms with Gasteiger partial charge in [-0.05, 0) is 49.6 Å². The van der Waals surface area contributed by atoms with Crippen LogP contribution in [0.3, 0.4) is 0 Å². The van der Waals surface area contributed by atoms with Crippen LogP contribution in [0.4, 0.5) is 5.69 Å². The molecular weight excluding hydrogens is 320 g/mol. The SMILES string of the molecule is COc1ccc(C(=O)CNC(C)CCc2ccc([N+](=O)[O-])cc2)cc1. The summed E-state index contributed by atoms with van der Waals surface area (Å²) in [5, 5.41) is 13.9. The number of nitro groups is 1. The number of aryl methyl sites for hydroxylation is 1. The smallest absolute Gasteiger partial charge is 0.269 e. The summed E-state index contributed by atoms with van der Waals surface area (Å²) >= 11 is 0. The molecule has 0 aliphatic heterocycles. The van der Waals surface area contributed by atoms with Crippen LogP contribution >= 0.6 is 0 Å². The van der Waals surface area contributed by atoms with Crippen LogP contribution in [0, 0.1) is 10.1 Å². The van der Waals surface area contributed by atoms with Gasteiger partial charge in [-0.3, -0.25) is 14.9 Å². The number of ketones is 1. The van der Waals surface area contributed by atoms with Crippen LogP contribution < -0.4 is 10.1 Å². The number of carbonyl (C=O) groups excluding carboxylic acids is 1. The summed E-state index contributed by atoms with van der Waals surface area (Å²) in [5.41, 5.74) is 1.79. The largest absolute Gasteiger partial charge is 0.497 e. The van der Waals surface area contributed by atoms with Gasteiger partial charge in [0.05, 0.1) is 18.6 Å². The van der Waals surface area contributed by atoms with Crippen LogP contribution in [0.2, 0.25) is 0 Å². The molecule has 1 unspecified atom stereocenters. The molecular formula is C19H22N2O4.